The minimum atomic E-state index is -0.304. The van der Waals surface area contributed by atoms with E-state index in [1.54, 1.807) is 10.7 Å². The van der Waals surface area contributed by atoms with Crippen molar-refractivity contribution in [1.82, 2.24) is 15.0 Å². The molecule has 2 rings (SSSR count). The second-order valence-electron chi connectivity index (χ2n) is 2.90. The minimum Gasteiger partial charge on any atom is -0.244 e. The van der Waals surface area contributed by atoms with Crippen molar-refractivity contribution >= 4 is 11.0 Å². The summed E-state index contributed by atoms with van der Waals surface area (Å²) in [6.07, 6.45) is 5.73. The molecule has 0 aliphatic carbocycles. The van der Waals surface area contributed by atoms with Gasteiger partial charge in [-0.1, -0.05) is 5.21 Å². The minimum absolute atomic E-state index is 0.304. The van der Waals surface area contributed by atoms with Crippen molar-refractivity contribution in [2.24, 2.45) is 0 Å². The number of halogens is 1. The lowest BCUT2D eigenvalue weighted by Crippen LogP contribution is -1.98. The Labute approximate surface area is 80.5 Å². The molecule has 2 aromatic rings. The fourth-order valence-corrected chi connectivity index (χ4v) is 1.28. The van der Waals surface area contributed by atoms with Gasteiger partial charge < -0.3 is 0 Å². The predicted octanol–water partition coefficient (Wildman–Crippen LogP) is 1.59. The van der Waals surface area contributed by atoms with Crippen molar-refractivity contribution in [2.45, 2.75) is 13.0 Å². The first-order chi connectivity index (χ1) is 6.81. The van der Waals surface area contributed by atoms with E-state index >= 15 is 0 Å². The number of aromatic nitrogens is 3. The summed E-state index contributed by atoms with van der Waals surface area (Å²) in [6.45, 7) is 0.610. The molecule has 1 aromatic heterocycles. The summed E-state index contributed by atoms with van der Waals surface area (Å²) in [6, 6.07) is 4.40. The van der Waals surface area contributed by atoms with Gasteiger partial charge in [0.15, 0.2) is 0 Å². The van der Waals surface area contributed by atoms with Crippen LogP contribution in [0, 0.1) is 18.2 Å². The Hall–Kier alpha value is -1.89. The van der Waals surface area contributed by atoms with Gasteiger partial charge >= 0.3 is 0 Å². The van der Waals surface area contributed by atoms with Gasteiger partial charge in [-0.15, -0.1) is 17.4 Å². The molecule has 0 saturated heterocycles. The van der Waals surface area contributed by atoms with Gasteiger partial charge in [0.2, 0.25) is 0 Å². The van der Waals surface area contributed by atoms with Crippen molar-refractivity contribution in [2.75, 3.05) is 0 Å². The summed E-state index contributed by atoms with van der Waals surface area (Å²) in [5.41, 5.74) is 1.36. The number of rotatable bonds is 2. The summed E-state index contributed by atoms with van der Waals surface area (Å²) >= 11 is 0. The van der Waals surface area contributed by atoms with Crippen LogP contribution in [0.5, 0.6) is 0 Å². The first-order valence-electron chi connectivity index (χ1n) is 4.23. The molecule has 70 valence electrons. The SMILES string of the molecule is C#CCCn1nnc2cc(F)ccc21. The Kier molecular flexibility index (Phi) is 2.15. The van der Waals surface area contributed by atoms with Gasteiger partial charge in [0.1, 0.15) is 11.3 Å². The van der Waals surface area contributed by atoms with E-state index in [2.05, 4.69) is 16.2 Å². The maximum absolute atomic E-state index is 12.8. The van der Waals surface area contributed by atoms with Crippen molar-refractivity contribution < 1.29 is 4.39 Å². The van der Waals surface area contributed by atoms with Crippen LogP contribution in [0.3, 0.4) is 0 Å². The number of nitrogens with zero attached hydrogens (tertiary/aromatic N) is 3. The van der Waals surface area contributed by atoms with E-state index in [9.17, 15) is 4.39 Å². The molecular weight excluding hydrogens is 181 g/mol. The molecule has 0 bridgehead atoms. The topological polar surface area (TPSA) is 30.7 Å². The number of benzene rings is 1. The molecule has 14 heavy (non-hydrogen) atoms. The number of hydrogen-bond acceptors (Lipinski definition) is 2. The van der Waals surface area contributed by atoms with Gasteiger partial charge in [-0.2, -0.15) is 0 Å². The third-order valence-electron chi connectivity index (χ3n) is 1.94. The van der Waals surface area contributed by atoms with E-state index in [1.807, 2.05) is 0 Å². The van der Waals surface area contributed by atoms with Crippen LogP contribution in [-0.4, -0.2) is 15.0 Å². The van der Waals surface area contributed by atoms with E-state index in [1.165, 1.54) is 12.1 Å². The molecule has 0 unspecified atom stereocenters. The highest BCUT2D eigenvalue weighted by Gasteiger charge is 2.03. The van der Waals surface area contributed by atoms with Crippen LogP contribution in [0.2, 0.25) is 0 Å². The molecule has 0 aliphatic rings. The molecule has 0 saturated carbocycles. The van der Waals surface area contributed by atoms with Gasteiger partial charge in [0, 0.05) is 12.5 Å². The van der Waals surface area contributed by atoms with E-state index in [4.69, 9.17) is 6.42 Å². The molecular formula is C10H8FN3. The molecule has 0 spiro atoms. The Balaban J connectivity index is 2.43. The molecule has 4 heteroatoms. The third-order valence-corrected chi connectivity index (χ3v) is 1.94. The highest BCUT2D eigenvalue weighted by atomic mass is 19.1. The van der Waals surface area contributed by atoms with Gasteiger partial charge in [-0.05, 0) is 12.1 Å². The van der Waals surface area contributed by atoms with Crippen LogP contribution in [0.15, 0.2) is 18.2 Å². The summed E-state index contributed by atoms with van der Waals surface area (Å²) in [4.78, 5) is 0. The summed E-state index contributed by atoms with van der Waals surface area (Å²) in [5, 5.41) is 7.72. The van der Waals surface area contributed by atoms with Crippen LogP contribution < -0.4 is 0 Å². The lowest BCUT2D eigenvalue weighted by Gasteiger charge is -1.97. The van der Waals surface area contributed by atoms with E-state index in [0.29, 0.717) is 18.5 Å². The Morgan fingerprint density at radius 2 is 2.36 bits per heavy atom. The monoisotopic (exact) mass is 189 g/mol. The Morgan fingerprint density at radius 3 is 3.14 bits per heavy atom. The van der Waals surface area contributed by atoms with Crippen molar-refractivity contribution in [1.29, 1.82) is 0 Å². The van der Waals surface area contributed by atoms with E-state index in [-0.39, 0.29) is 5.82 Å². The predicted molar refractivity (Wildman–Crippen MR) is 50.9 cm³/mol. The highest BCUT2D eigenvalue weighted by Crippen LogP contribution is 2.12. The molecule has 3 nitrogen and oxygen atoms in total. The van der Waals surface area contributed by atoms with Crippen LogP contribution in [-0.2, 0) is 6.54 Å². The molecule has 0 amide bonds. The number of terminal acetylenes is 1. The van der Waals surface area contributed by atoms with Crippen LogP contribution in [0.25, 0.3) is 11.0 Å². The molecule has 0 atom stereocenters. The normalized spacial score (nSPS) is 10.3. The van der Waals surface area contributed by atoms with E-state index in [0.717, 1.165) is 5.52 Å². The average Bonchev–Trinajstić information content (AvgIpc) is 2.57. The Morgan fingerprint density at radius 1 is 1.50 bits per heavy atom. The maximum Gasteiger partial charge on any atom is 0.125 e. The first kappa shape index (κ1) is 8.70. The number of hydrogen-bond donors (Lipinski definition) is 0. The maximum atomic E-state index is 12.8. The van der Waals surface area contributed by atoms with Crippen LogP contribution >= 0.6 is 0 Å². The molecule has 0 fully saturated rings. The van der Waals surface area contributed by atoms with Crippen LogP contribution in [0.4, 0.5) is 4.39 Å². The average molecular weight is 189 g/mol. The molecule has 0 N–H and O–H groups in total. The lowest BCUT2D eigenvalue weighted by molar-refractivity contribution is 0.620. The lowest BCUT2D eigenvalue weighted by atomic mass is 10.3. The second-order valence-corrected chi connectivity index (χ2v) is 2.90. The quantitative estimate of drug-likeness (QED) is 0.672. The van der Waals surface area contributed by atoms with Gasteiger partial charge in [0.25, 0.3) is 0 Å². The van der Waals surface area contributed by atoms with Gasteiger partial charge in [-0.3, -0.25) is 0 Å². The number of aryl methyl sites for hydroxylation is 1. The number of fused-ring (bicyclic) bond motifs is 1. The fourth-order valence-electron chi connectivity index (χ4n) is 1.28. The van der Waals surface area contributed by atoms with Crippen molar-refractivity contribution in [3.63, 3.8) is 0 Å². The van der Waals surface area contributed by atoms with Crippen molar-refractivity contribution in [3.05, 3.63) is 24.0 Å². The molecule has 1 aromatic carbocycles. The highest BCUT2D eigenvalue weighted by molar-refractivity contribution is 5.73. The van der Waals surface area contributed by atoms with Crippen molar-refractivity contribution in [3.8, 4) is 12.3 Å². The van der Waals surface area contributed by atoms with E-state index < -0.39 is 0 Å². The summed E-state index contributed by atoms with van der Waals surface area (Å²) < 4.78 is 14.5. The summed E-state index contributed by atoms with van der Waals surface area (Å²) in [7, 11) is 0. The standard InChI is InChI=1S/C10H8FN3/c1-2-3-6-14-10-5-4-8(11)7-9(10)12-13-14/h1,4-5,7H,3,6H2. The smallest absolute Gasteiger partial charge is 0.125 e. The molecule has 0 aliphatic heterocycles. The van der Waals surface area contributed by atoms with Gasteiger partial charge in [0.05, 0.1) is 12.1 Å². The third kappa shape index (κ3) is 1.44. The van der Waals surface area contributed by atoms with Crippen LogP contribution in [0.1, 0.15) is 6.42 Å². The zero-order valence-electron chi connectivity index (χ0n) is 7.44. The Bertz CT molecular complexity index is 496. The molecule has 0 radical (unpaired) electrons. The first-order valence-corrected chi connectivity index (χ1v) is 4.23. The van der Waals surface area contributed by atoms with Gasteiger partial charge in [-0.25, -0.2) is 9.07 Å². The largest absolute Gasteiger partial charge is 0.244 e. The summed E-state index contributed by atoms with van der Waals surface area (Å²) in [5.74, 6) is 2.22. The molecule has 1 heterocycles. The second kappa shape index (κ2) is 3.46. The fraction of sp³-hybridized carbons (Fsp3) is 0.200. The zero-order valence-corrected chi connectivity index (χ0v) is 7.44. The zero-order chi connectivity index (χ0) is 9.97.